The van der Waals surface area contributed by atoms with E-state index >= 15 is 0 Å². The molecule has 0 saturated heterocycles. The zero-order chi connectivity index (χ0) is 34.2. The van der Waals surface area contributed by atoms with Gasteiger partial charge in [-0.05, 0) is 129 Å². The monoisotopic (exact) mass is 658 g/mol. The zero-order valence-corrected chi connectivity index (χ0v) is 31.0. The first kappa shape index (κ1) is 35.3. The van der Waals surface area contributed by atoms with Crippen LogP contribution >= 0.6 is 0 Å². The van der Waals surface area contributed by atoms with Crippen molar-refractivity contribution in [1.29, 1.82) is 0 Å². The Balaban J connectivity index is 1.03. The van der Waals surface area contributed by atoms with Crippen molar-refractivity contribution in [1.82, 2.24) is 0 Å². The topological polar surface area (TPSA) is 65.7 Å². The number of fused-ring (bicyclic) bond motifs is 6. The highest BCUT2D eigenvalue weighted by Gasteiger charge is 2.56. The van der Waals surface area contributed by atoms with Crippen LogP contribution in [0.25, 0.3) is 11.0 Å². The van der Waals surface area contributed by atoms with Gasteiger partial charge in [-0.1, -0.05) is 78.9 Å². The van der Waals surface area contributed by atoms with Gasteiger partial charge in [0.05, 0.1) is 0 Å². The van der Waals surface area contributed by atoms with Crippen molar-refractivity contribution in [2.45, 2.75) is 144 Å². The van der Waals surface area contributed by atoms with E-state index in [0.29, 0.717) is 23.2 Å². The summed E-state index contributed by atoms with van der Waals surface area (Å²) in [6.45, 7) is 16.3. The molecule has 1 heterocycles. The predicted molar refractivity (Wildman–Crippen MR) is 194 cm³/mol. The Labute approximate surface area is 289 Å². The second-order valence-electron chi connectivity index (χ2n) is 17.3. The van der Waals surface area contributed by atoms with Crippen LogP contribution in [0.4, 0.5) is 0 Å². The highest BCUT2D eigenvalue weighted by atomic mass is 16.6. The lowest BCUT2D eigenvalue weighted by atomic mass is 9.44. The van der Waals surface area contributed by atoms with Crippen molar-refractivity contribution in [2.75, 3.05) is 6.61 Å². The molecule has 0 aliphatic heterocycles. The molecule has 0 N–H and O–H groups in total. The van der Waals surface area contributed by atoms with Gasteiger partial charge in [0.1, 0.15) is 17.4 Å². The van der Waals surface area contributed by atoms with Crippen molar-refractivity contribution in [3.05, 3.63) is 51.4 Å². The molecule has 3 fully saturated rings. The molecule has 0 radical (unpaired) electrons. The van der Waals surface area contributed by atoms with Crippen LogP contribution in [-0.2, 0) is 16.0 Å². The molecule has 4 aliphatic rings. The highest BCUT2D eigenvalue weighted by Crippen LogP contribution is 2.65. The lowest BCUT2D eigenvalue weighted by molar-refractivity contribution is -0.154. The van der Waals surface area contributed by atoms with Crippen molar-refractivity contribution >= 4 is 16.9 Å². The van der Waals surface area contributed by atoms with Crippen molar-refractivity contribution < 1.29 is 18.7 Å². The van der Waals surface area contributed by atoms with E-state index in [1.165, 1.54) is 63.4 Å². The normalized spacial score (nSPS) is 32.2. The molecule has 48 heavy (non-hydrogen) atoms. The molecule has 5 heteroatoms. The molecular weight excluding hydrogens is 596 g/mol. The van der Waals surface area contributed by atoms with Gasteiger partial charge in [0.25, 0.3) is 0 Å². The molecule has 5 nitrogen and oxygen atoms in total. The van der Waals surface area contributed by atoms with Gasteiger partial charge in [-0.3, -0.25) is 0 Å². The number of hydrogen-bond donors (Lipinski definition) is 0. The molecule has 0 bridgehead atoms. The van der Waals surface area contributed by atoms with Crippen LogP contribution in [0.5, 0.6) is 5.75 Å². The van der Waals surface area contributed by atoms with E-state index in [4.69, 9.17) is 13.9 Å². The number of aryl methyl sites for hydroxylation is 1. The first-order valence-electron chi connectivity index (χ1n) is 19.5. The lowest BCUT2D eigenvalue weighted by Crippen LogP contribution is -2.52. The fourth-order valence-electron chi connectivity index (χ4n) is 11.0. The third kappa shape index (κ3) is 7.04. The summed E-state index contributed by atoms with van der Waals surface area (Å²) in [5.41, 5.74) is 4.14. The van der Waals surface area contributed by atoms with Crippen LogP contribution in [0, 0.1) is 53.3 Å². The summed E-state index contributed by atoms with van der Waals surface area (Å²) in [4.78, 5) is 25.5. The third-order valence-electron chi connectivity index (χ3n) is 13.8. The van der Waals surface area contributed by atoms with Gasteiger partial charge in [0.15, 0.2) is 6.61 Å². The molecule has 4 aliphatic carbocycles. The van der Waals surface area contributed by atoms with Crippen LogP contribution < -0.4 is 10.4 Å². The van der Waals surface area contributed by atoms with E-state index in [0.717, 1.165) is 77.7 Å². The fourth-order valence-corrected chi connectivity index (χ4v) is 11.0. The molecule has 0 amide bonds. The largest absolute Gasteiger partial charge is 0.482 e. The van der Waals surface area contributed by atoms with Crippen molar-refractivity contribution in [2.24, 2.45) is 46.3 Å². The molecular formula is C43H62O5. The van der Waals surface area contributed by atoms with Crippen LogP contribution in [0.15, 0.2) is 39.1 Å². The molecule has 0 spiro atoms. The number of allylic oxidation sites excluding steroid dienone is 1. The minimum Gasteiger partial charge on any atom is -0.482 e. The molecule has 1 aromatic heterocycles. The summed E-state index contributed by atoms with van der Waals surface area (Å²) in [5, 5.41) is 0.901. The van der Waals surface area contributed by atoms with Gasteiger partial charge in [0.2, 0.25) is 0 Å². The molecule has 8 atom stereocenters. The average Bonchev–Trinajstić information content (AvgIpc) is 3.04. The van der Waals surface area contributed by atoms with Gasteiger partial charge in [-0.15, -0.1) is 0 Å². The van der Waals surface area contributed by atoms with Gasteiger partial charge >= 0.3 is 11.6 Å². The summed E-state index contributed by atoms with van der Waals surface area (Å²) in [5.74, 6) is 5.15. The molecule has 3 saturated carbocycles. The first-order valence-corrected chi connectivity index (χ1v) is 19.5. The number of ether oxygens (including phenoxy) is 2. The Bertz CT molecular complexity index is 1550. The van der Waals surface area contributed by atoms with Crippen LogP contribution in [0.3, 0.4) is 0 Å². The minimum atomic E-state index is -0.336. The number of hydrogen-bond acceptors (Lipinski definition) is 5. The van der Waals surface area contributed by atoms with Gasteiger partial charge in [-0.25, -0.2) is 9.59 Å². The average molecular weight is 659 g/mol. The minimum absolute atomic E-state index is 0.0901. The Morgan fingerprint density at radius 3 is 2.62 bits per heavy atom. The molecule has 2 aromatic rings. The second kappa shape index (κ2) is 14.4. The Kier molecular flexibility index (Phi) is 10.5. The number of benzene rings is 1. The Hall–Kier alpha value is -2.56. The quantitative estimate of drug-likeness (QED) is 0.137. The summed E-state index contributed by atoms with van der Waals surface area (Å²) in [6, 6.07) is 5.45. The van der Waals surface area contributed by atoms with Crippen LogP contribution in [-0.4, -0.2) is 18.7 Å². The molecule has 1 aromatic carbocycles. The number of esters is 1. The third-order valence-corrected chi connectivity index (χ3v) is 13.8. The maximum absolute atomic E-state index is 13.0. The summed E-state index contributed by atoms with van der Waals surface area (Å²) >= 11 is 0. The predicted octanol–water partition coefficient (Wildman–Crippen LogP) is 10.8. The van der Waals surface area contributed by atoms with E-state index in [2.05, 4.69) is 47.6 Å². The SMILES string of the molecule is CCCc1c(C)c2ccc(OCC(=O)O[C@@H]3CC[C@@]4(C)C(=CC[C@H]5[C@H]4CC[C@]4(C)C[C@@H]([C@H](C)CCCC(C)C)CC[C@@H]54)C3)cc2oc1=O. The zero-order valence-electron chi connectivity index (χ0n) is 31.0. The van der Waals surface area contributed by atoms with Crippen molar-refractivity contribution in [3.8, 4) is 5.75 Å². The Morgan fingerprint density at radius 1 is 1.04 bits per heavy atom. The second-order valence-corrected chi connectivity index (χ2v) is 17.3. The van der Waals surface area contributed by atoms with Gasteiger partial charge < -0.3 is 13.9 Å². The maximum atomic E-state index is 13.0. The highest BCUT2D eigenvalue weighted by molar-refractivity contribution is 5.82. The van der Waals surface area contributed by atoms with E-state index < -0.39 is 0 Å². The van der Waals surface area contributed by atoms with E-state index in [-0.39, 0.29) is 29.7 Å². The molecule has 264 valence electrons. The number of carbonyl (C=O) groups excluding carboxylic acids is 1. The first-order chi connectivity index (χ1) is 22.9. The fraction of sp³-hybridized carbons (Fsp3) is 0.721. The number of rotatable bonds is 11. The van der Waals surface area contributed by atoms with E-state index in [9.17, 15) is 9.59 Å². The van der Waals surface area contributed by atoms with Crippen LogP contribution in [0.2, 0.25) is 0 Å². The Morgan fingerprint density at radius 2 is 1.85 bits per heavy atom. The lowest BCUT2D eigenvalue weighted by Gasteiger charge is -2.61. The van der Waals surface area contributed by atoms with Gasteiger partial charge in [-0.2, -0.15) is 0 Å². The summed E-state index contributed by atoms with van der Waals surface area (Å²) in [7, 11) is 0. The molecule has 0 unspecified atom stereocenters. The van der Waals surface area contributed by atoms with E-state index in [1.807, 2.05) is 19.1 Å². The van der Waals surface area contributed by atoms with Crippen molar-refractivity contribution in [3.63, 3.8) is 0 Å². The number of carbonyl (C=O) groups is 1. The maximum Gasteiger partial charge on any atom is 0.344 e. The smallest absolute Gasteiger partial charge is 0.344 e. The van der Waals surface area contributed by atoms with Crippen LogP contribution in [0.1, 0.15) is 136 Å². The standard InChI is InChI=1S/C43H62O5/c1-8-10-35-29(5)34-17-15-32(24-39(34)48-41(35)45)46-26-40(44)47-33-19-22-43(7)31(23-33)14-16-36-37-18-13-30(28(4)12-9-11-27(2)3)25-42(37,6)21-20-38(36)43/h14-15,17,24,27-28,30,33,36-38H,8-13,16,18-23,25-26H2,1-7H3/t28-,30+,33-,36-,37+,38-,42-,43+/m1/s1. The summed E-state index contributed by atoms with van der Waals surface area (Å²) in [6.07, 6.45) is 19.3. The summed E-state index contributed by atoms with van der Waals surface area (Å²) < 4.78 is 17.4. The molecule has 6 rings (SSSR count). The van der Waals surface area contributed by atoms with E-state index in [1.54, 1.807) is 6.07 Å². The van der Waals surface area contributed by atoms with Gasteiger partial charge in [0, 0.05) is 23.4 Å².